The van der Waals surface area contributed by atoms with Crippen molar-refractivity contribution in [3.8, 4) is 0 Å². The average Bonchev–Trinajstić information content (AvgIpc) is 2.56. The molecule has 4 heteroatoms. The molecule has 0 radical (unpaired) electrons. The largest absolute Gasteiger partial charge is 0.481 e. The van der Waals surface area contributed by atoms with Crippen molar-refractivity contribution < 1.29 is 14.6 Å². The summed E-state index contributed by atoms with van der Waals surface area (Å²) in [7, 11) is 0. The van der Waals surface area contributed by atoms with E-state index in [-0.39, 0.29) is 12.5 Å². The highest BCUT2D eigenvalue weighted by Gasteiger charge is 2.28. The number of ether oxygens (including phenoxy) is 1. The predicted molar refractivity (Wildman–Crippen MR) is 91.6 cm³/mol. The Hall–Kier alpha value is -2.10. The molecule has 23 heavy (non-hydrogen) atoms. The highest BCUT2D eigenvalue weighted by molar-refractivity contribution is 6.30. The van der Waals surface area contributed by atoms with E-state index in [1.54, 1.807) is 30.3 Å². The lowest BCUT2D eigenvalue weighted by molar-refractivity contribution is -0.140. The monoisotopic (exact) mass is 330 g/mol. The molecule has 0 aliphatic carbocycles. The fraction of sp³-hybridized carbons (Fsp3) is 0.211. The van der Waals surface area contributed by atoms with E-state index < -0.39 is 11.9 Å². The normalized spacial score (nSPS) is 13.3. The van der Waals surface area contributed by atoms with Gasteiger partial charge in [0.15, 0.2) is 0 Å². The van der Waals surface area contributed by atoms with E-state index in [1.807, 2.05) is 30.3 Å². The summed E-state index contributed by atoms with van der Waals surface area (Å²) in [6.45, 7) is 4.50. The van der Waals surface area contributed by atoms with E-state index in [2.05, 4.69) is 6.58 Å². The van der Waals surface area contributed by atoms with Crippen LogP contribution in [0.15, 0.2) is 67.3 Å². The second-order valence-corrected chi connectivity index (χ2v) is 5.70. The molecule has 0 amide bonds. The Bertz CT molecular complexity index is 637. The average molecular weight is 331 g/mol. The van der Waals surface area contributed by atoms with Crippen molar-refractivity contribution in [2.75, 3.05) is 6.61 Å². The molecule has 1 N–H and O–H groups in total. The van der Waals surface area contributed by atoms with Crippen LogP contribution in [0.3, 0.4) is 0 Å². The summed E-state index contributed by atoms with van der Waals surface area (Å²) >= 11 is 5.87. The van der Waals surface area contributed by atoms with Crippen molar-refractivity contribution >= 4 is 17.6 Å². The van der Waals surface area contributed by atoms with E-state index >= 15 is 0 Å². The third kappa shape index (κ3) is 4.95. The smallest absolute Gasteiger partial charge is 0.311 e. The number of halogens is 1. The zero-order valence-electron chi connectivity index (χ0n) is 12.7. The highest BCUT2D eigenvalue weighted by atomic mass is 35.5. The molecular weight excluding hydrogens is 312 g/mol. The number of carboxylic acid groups (broad SMARTS) is 1. The van der Waals surface area contributed by atoms with Crippen LogP contribution >= 0.6 is 11.6 Å². The molecule has 0 unspecified atom stereocenters. The Morgan fingerprint density at radius 3 is 2.39 bits per heavy atom. The molecule has 0 saturated heterocycles. The molecule has 2 rings (SSSR count). The zero-order chi connectivity index (χ0) is 16.7. The zero-order valence-corrected chi connectivity index (χ0v) is 13.4. The summed E-state index contributed by atoms with van der Waals surface area (Å²) in [5.41, 5.74) is 1.74. The van der Waals surface area contributed by atoms with Gasteiger partial charge in [-0.05, 0) is 23.3 Å². The molecule has 3 nitrogen and oxygen atoms in total. The van der Waals surface area contributed by atoms with Crippen molar-refractivity contribution in [1.82, 2.24) is 0 Å². The predicted octanol–water partition coefficient (Wildman–Crippen LogP) is 4.53. The summed E-state index contributed by atoms with van der Waals surface area (Å²) in [5.74, 6) is -1.93. The molecule has 0 spiro atoms. The minimum Gasteiger partial charge on any atom is -0.481 e. The van der Waals surface area contributed by atoms with Crippen LogP contribution in [0, 0.1) is 5.92 Å². The Labute approximate surface area is 141 Å². The standard InChI is InChI=1S/C19H19ClO3/c1-2-15(13-23-12-14-6-4-3-5-7-14)18(19(21)22)16-8-10-17(20)11-9-16/h2-11,15,18H,1,12-13H2,(H,21,22)/t15-,18-/m0/s1. The van der Waals surface area contributed by atoms with Gasteiger partial charge >= 0.3 is 5.97 Å². The summed E-state index contributed by atoms with van der Waals surface area (Å²) in [4.78, 5) is 11.7. The van der Waals surface area contributed by atoms with Crippen molar-refractivity contribution in [2.45, 2.75) is 12.5 Å². The molecular formula is C19H19ClO3. The molecule has 0 aromatic heterocycles. The molecule has 2 aromatic rings. The number of benzene rings is 2. The van der Waals surface area contributed by atoms with Gasteiger partial charge in [0, 0.05) is 10.9 Å². The fourth-order valence-corrected chi connectivity index (χ4v) is 2.56. The quantitative estimate of drug-likeness (QED) is 0.723. The minimum atomic E-state index is -0.902. The third-order valence-corrected chi connectivity index (χ3v) is 3.90. The van der Waals surface area contributed by atoms with Gasteiger partial charge < -0.3 is 9.84 Å². The van der Waals surface area contributed by atoms with Gasteiger partial charge in [0.25, 0.3) is 0 Å². The maximum absolute atomic E-state index is 11.7. The summed E-state index contributed by atoms with van der Waals surface area (Å²) in [5, 5.41) is 10.2. The third-order valence-electron chi connectivity index (χ3n) is 3.65. The lowest BCUT2D eigenvalue weighted by atomic mass is 9.86. The molecule has 0 saturated carbocycles. The van der Waals surface area contributed by atoms with Gasteiger partial charge in [-0.15, -0.1) is 6.58 Å². The molecule has 0 aliphatic heterocycles. The summed E-state index contributed by atoms with van der Waals surface area (Å²) in [6.07, 6.45) is 1.64. The number of rotatable bonds is 8. The van der Waals surface area contributed by atoms with Crippen LogP contribution in [0.5, 0.6) is 0 Å². The van der Waals surface area contributed by atoms with Gasteiger partial charge in [0.05, 0.1) is 19.1 Å². The minimum absolute atomic E-state index is 0.290. The van der Waals surface area contributed by atoms with Crippen molar-refractivity contribution in [3.05, 3.63) is 83.4 Å². The van der Waals surface area contributed by atoms with Crippen LogP contribution in [-0.2, 0) is 16.1 Å². The van der Waals surface area contributed by atoms with Gasteiger partial charge in [0.2, 0.25) is 0 Å². The molecule has 2 atom stereocenters. The number of aliphatic carboxylic acids is 1. The van der Waals surface area contributed by atoms with Crippen LogP contribution in [0.25, 0.3) is 0 Å². The van der Waals surface area contributed by atoms with Crippen LogP contribution in [0.4, 0.5) is 0 Å². The van der Waals surface area contributed by atoms with Gasteiger partial charge in [-0.1, -0.05) is 60.1 Å². The van der Waals surface area contributed by atoms with Gasteiger partial charge in [-0.2, -0.15) is 0 Å². The SMILES string of the molecule is C=C[C@@H](COCc1ccccc1)[C@H](C(=O)O)c1ccc(Cl)cc1. The first kappa shape index (κ1) is 17.3. The van der Waals surface area contributed by atoms with Gasteiger partial charge in [-0.3, -0.25) is 4.79 Å². The number of hydrogen-bond donors (Lipinski definition) is 1. The summed E-state index contributed by atoms with van der Waals surface area (Å²) in [6, 6.07) is 16.6. The first-order valence-electron chi connectivity index (χ1n) is 7.34. The lowest BCUT2D eigenvalue weighted by Crippen LogP contribution is -2.24. The second-order valence-electron chi connectivity index (χ2n) is 5.27. The number of carbonyl (C=O) groups is 1. The van der Waals surface area contributed by atoms with Crippen LogP contribution < -0.4 is 0 Å². The Kier molecular flexibility index (Phi) is 6.39. The van der Waals surface area contributed by atoms with E-state index in [4.69, 9.17) is 16.3 Å². The van der Waals surface area contributed by atoms with E-state index in [0.717, 1.165) is 5.56 Å². The molecule has 2 aromatic carbocycles. The van der Waals surface area contributed by atoms with Gasteiger partial charge in [0.1, 0.15) is 0 Å². The molecule has 120 valence electrons. The molecule has 0 fully saturated rings. The van der Waals surface area contributed by atoms with Gasteiger partial charge in [-0.25, -0.2) is 0 Å². The second kappa shape index (κ2) is 8.51. The maximum Gasteiger partial charge on any atom is 0.311 e. The summed E-state index contributed by atoms with van der Waals surface area (Å²) < 4.78 is 5.69. The molecule has 0 aliphatic rings. The maximum atomic E-state index is 11.7. The fourth-order valence-electron chi connectivity index (χ4n) is 2.43. The van der Waals surface area contributed by atoms with E-state index in [1.165, 1.54) is 0 Å². The van der Waals surface area contributed by atoms with Crippen molar-refractivity contribution in [1.29, 1.82) is 0 Å². The number of carboxylic acids is 1. The topological polar surface area (TPSA) is 46.5 Å². The van der Waals surface area contributed by atoms with Crippen LogP contribution in [-0.4, -0.2) is 17.7 Å². The Morgan fingerprint density at radius 1 is 1.17 bits per heavy atom. The first-order valence-corrected chi connectivity index (χ1v) is 7.72. The molecule has 0 heterocycles. The Balaban J connectivity index is 2.05. The number of hydrogen-bond acceptors (Lipinski definition) is 2. The Morgan fingerprint density at radius 2 is 1.83 bits per heavy atom. The molecule has 0 bridgehead atoms. The van der Waals surface area contributed by atoms with E-state index in [0.29, 0.717) is 17.2 Å². The van der Waals surface area contributed by atoms with E-state index in [9.17, 15) is 9.90 Å². The van der Waals surface area contributed by atoms with Crippen LogP contribution in [0.1, 0.15) is 17.0 Å². The van der Waals surface area contributed by atoms with Crippen LogP contribution in [0.2, 0.25) is 5.02 Å². The lowest BCUT2D eigenvalue weighted by Gasteiger charge is -2.21. The van der Waals surface area contributed by atoms with Crippen molar-refractivity contribution in [3.63, 3.8) is 0 Å². The first-order chi connectivity index (χ1) is 11.1. The highest BCUT2D eigenvalue weighted by Crippen LogP contribution is 2.28. The van der Waals surface area contributed by atoms with Crippen molar-refractivity contribution in [2.24, 2.45) is 5.92 Å².